The van der Waals surface area contributed by atoms with Crippen LogP contribution in [0.4, 0.5) is 23.8 Å². The number of ether oxygens (including phenoxy) is 2. The van der Waals surface area contributed by atoms with Crippen molar-refractivity contribution in [2.45, 2.75) is 58.3 Å². The molecule has 2 atom stereocenters. The van der Waals surface area contributed by atoms with Crippen LogP contribution in [0.3, 0.4) is 0 Å². The van der Waals surface area contributed by atoms with Gasteiger partial charge in [-0.25, -0.2) is 18.7 Å². The van der Waals surface area contributed by atoms with Gasteiger partial charge in [-0.15, -0.1) is 5.10 Å². The van der Waals surface area contributed by atoms with E-state index in [4.69, 9.17) is 4.74 Å². The van der Waals surface area contributed by atoms with Crippen LogP contribution in [0.2, 0.25) is 0 Å². The summed E-state index contributed by atoms with van der Waals surface area (Å²) in [5, 5.41) is 12.5. The molecule has 0 saturated heterocycles. The first-order valence-corrected chi connectivity index (χ1v) is 13.5. The fourth-order valence-corrected chi connectivity index (χ4v) is 4.02. The van der Waals surface area contributed by atoms with Gasteiger partial charge < -0.3 is 14.8 Å². The number of alkyl halides is 3. The third-order valence-electron chi connectivity index (χ3n) is 6.15. The SMILES string of the molecule is CC(OC(=O)Nc1ccn(CCC(F)Cn2cc(C(=O)NCc3cccc(OC(C)(F)F)c3)nn2)c(=O)n1)c1ccccc1. The minimum absolute atomic E-state index is 0.00243. The van der Waals surface area contributed by atoms with E-state index in [0.29, 0.717) is 12.5 Å². The molecule has 0 aliphatic carbocycles. The summed E-state index contributed by atoms with van der Waals surface area (Å²) in [5.41, 5.74) is 0.564. The van der Waals surface area contributed by atoms with Crippen molar-refractivity contribution in [2.75, 3.05) is 5.32 Å². The van der Waals surface area contributed by atoms with Crippen LogP contribution in [0.15, 0.2) is 77.9 Å². The molecule has 2 amide bonds. The van der Waals surface area contributed by atoms with Crippen molar-refractivity contribution in [3.05, 3.63) is 100 Å². The monoisotopic (exact) mass is 613 g/mol. The average molecular weight is 614 g/mol. The second kappa shape index (κ2) is 14.3. The molecule has 15 heteroatoms. The molecule has 0 fully saturated rings. The maximum Gasteiger partial charge on any atom is 0.413 e. The summed E-state index contributed by atoms with van der Waals surface area (Å²) in [6, 6.07) is 16.4. The first kappa shape index (κ1) is 31.7. The Kier molecular flexibility index (Phi) is 10.3. The van der Waals surface area contributed by atoms with E-state index in [0.717, 1.165) is 10.2 Å². The van der Waals surface area contributed by atoms with E-state index in [2.05, 4.69) is 30.7 Å². The number of hydrogen-bond donors (Lipinski definition) is 2. The van der Waals surface area contributed by atoms with Gasteiger partial charge in [0.1, 0.15) is 23.8 Å². The Hall–Kier alpha value is -5.21. The van der Waals surface area contributed by atoms with E-state index >= 15 is 0 Å². The van der Waals surface area contributed by atoms with E-state index in [1.54, 1.807) is 13.0 Å². The average Bonchev–Trinajstić information content (AvgIpc) is 3.43. The van der Waals surface area contributed by atoms with E-state index in [9.17, 15) is 27.6 Å². The number of carbonyl (C=O) groups is 2. The standard InChI is InChI=1S/C29H30F3N7O5/c1-19(21-8-4-3-5-9-21)43-28(42)35-25-12-14-38(27(41)34-25)13-11-22(30)17-39-18-24(36-37-39)26(40)33-16-20-7-6-10-23(15-20)44-29(2,31)32/h3-10,12,14-15,18-19,22H,11,13,16-17H2,1-2H3,(H,33,40)(H,34,35,41,42). The highest BCUT2D eigenvalue weighted by molar-refractivity contribution is 5.91. The highest BCUT2D eigenvalue weighted by Gasteiger charge is 2.23. The zero-order chi connectivity index (χ0) is 31.7. The number of hydrogen-bond acceptors (Lipinski definition) is 8. The van der Waals surface area contributed by atoms with Gasteiger partial charge in [0.2, 0.25) is 0 Å². The number of carbonyl (C=O) groups excluding carboxylic acids is 2. The number of nitrogens with one attached hydrogen (secondary N) is 2. The number of nitrogens with zero attached hydrogens (tertiary/aromatic N) is 5. The molecule has 2 unspecified atom stereocenters. The molecule has 2 N–H and O–H groups in total. The van der Waals surface area contributed by atoms with E-state index < -0.39 is 36.1 Å². The number of amides is 2. The second-order valence-electron chi connectivity index (χ2n) is 9.82. The molecule has 0 bridgehead atoms. The summed E-state index contributed by atoms with van der Waals surface area (Å²) >= 11 is 0. The van der Waals surface area contributed by atoms with Crippen LogP contribution < -0.4 is 21.1 Å². The Morgan fingerprint density at radius 2 is 1.86 bits per heavy atom. The maximum absolute atomic E-state index is 14.7. The number of anilines is 1. The molecule has 0 radical (unpaired) electrons. The molecule has 2 aromatic heterocycles. The first-order valence-electron chi connectivity index (χ1n) is 13.5. The van der Waals surface area contributed by atoms with Gasteiger partial charge in [-0.2, -0.15) is 13.8 Å². The van der Waals surface area contributed by atoms with Gasteiger partial charge in [0.05, 0.1) is 12.7 Å². The Balaban J connectivity index is 1.22. The molecule has 232 valence electrons. The van der Waals surface area contributed by atoms with E-state index in [1.165, 1.54) is 41.2 Å². The van der Waals surface area contributed by atoms with Crippen LogP contribution in [-0.2, 0) is 24.4 Å². The quantitative estimate of drug-likeness (QED) is 0.225. The predicted molar refractivity (Wildman–Crippen MR) is 152 cm³/mol. The largest absolute Gasteiger partial charge is 0.441 e. The van der Waals surface area contributed by atoms with Crippen molar-refractivity contribution < 1.29 is 32.2 Å². The molecular weight excluding hydrogens is 583 g/mol. The number of aromatic nitrogens is 5. The van der Waals surface area contributed by atoms with Gasteiger partial charge in [-0.05, 0) is 42.7 Å². The molecule has 4 aromatic rings. The highest BCUT2D eigenvalue weighted by Crippen LogP contribution is 2.22. The molecule has 0 aliphatic heterocycles. The molecule has 2 heterocycles. The van der Waals surface area contributed by atoms with Crippen molar-refractivity contribution in [3.8, 4) is 5.75 Å². The number of benzene rings is 2. The van der Waals surface area contributed by atoms with Gasteiger partial charge in [-0.3, -0.25) is 14.7 Å². The van der Waals surface area contributed by atoms with Crippen LogP contribution in [0, 0.1) is 0 Å². The first-order chi connectivity index (χ1) is 20.9. The van der Waals surface area contributed by atoms with Crippen LogP contribution in [0.1, 0.15) is 48.0 Å². The lowest BCUT2D eigenvalue weighted by molar-refractivity contribution is -0.159. The van der Waals surface area contributed by atoms with Crippen LogP contribution in [-0.4, -0.2) is 48.8 Å². The number of aryl methyl sites for hydroxylation is 1. The van der Waals surface area contributed by atoms with Crippen LogP contribution in [0.5, 0.6) is 5.75 Å². The molecular formula is C29H30F3N7O5. The maximum atomic E-state index is 14.7. The predicted octanol–water partition coefficient (Wildman–Crippen LogP) is 4.49. The molecule has 0 saturated carbocycles. The lowest BCUT2D eigenvalue weighted by atomic mass is 10.1. The van der Waals surface area contributed by atoms with Gasteiger partial charge in [0, 0.05) is 26.2 Å². The fourth-order valence-electron chi connectivity index (χ4n) is 4.02. The molecule has 0 aliphatic rings. The molecule has 0 spiro atoms. The van der Waals surface area contributed by atoms with Crippen molar-refractivity contribution in [1.29, 1.82) is 0 Å². The van der Waals surface area contributed by atoms with Gasteiger partial charge in [0.15, 0.2) is 5.69 Å². The summed E-state index contributed by atoms with van der Waals surface area (Å²) < 4.78 is 53.0. The Morgan fingerprint density at radius 3 is 2.59 bits per heavy atom. The van der Waals surface area contributed by atoms with Crippen molar-refractivity contribution in [2.24, 2.45) is 0 Å². The van der Waals surface area contributed by atoms with Crippen molar-refractivity contribution in [3.63, 3.8) is 0 Å². The second-order valence-corrected chi connectivity index (χ2v) is 9.82. The third-order valence-corrected chi connectivity index (χ3v) is 6.15. The number of rotatable bonds is 13. The smallest absolute Gasteiger partial charge is 0.413 e. The minimum Gasteiger partial charge on any atom is -0.441 e. The lowest BCUT2D eigenvalue weighted by Crippen LogP contribution is -2.26. The van der Waals surface area contributed by atoms with Crippen LogP contribution >= 0.6 is 0 Å². The Bertz CT molecular complexity index is 1630. The highest BCUT2D eigenvalue weighted by atomic mass is 19.3. The van der Waals surface area contributed by atoms with E-state index in [-0.39, 0.29) is 43.3 Å². The summed E-state index contributed by atoms with van der Waals surface area (Å²) in [7, 11) is 0. The molecule has 44 heavy (non-hydrogen) atoms. The summed E-state index contributed by atoms with van der Waals surface area (Å²) in [5.74, 6) is -0.655. The third kappa shape index (κ3) is 9.68. The lowest BCUT2D eigenvalue weighted by Gasteiger charge is -2.14. The summed E-state index contributed by atoms with van der Waals surface area (Å²) in [6.07, 6.45) is -3.50. The zero-order valence-electron chi connectivity index (χ0n) is 23.8. The Labute approximate surface area is 249 Å². The van der Waals surface area contributed by atoms with Crippen LogP contribution in [0.25, 0.3) is 0 Å². The topological polar surface area (TPSA) is 142 Å². The molecule has 4 rings (SSSR count). The van der Waals surface area contributed by atoms with Gasteiger partial charge in [0.25, 0.3) is 5.91 Å². The van der Waals surface area contributed by atoms with E-state index in [1.807, 2.05) is 30.3 Å². The minimum atomic E-state index is -3.34. The number of halogens is 3. The Morgan fingerprint density at radius 1 is 1.09 bits per heavy atom. The normalized spacial score (nSPS) is 12.7. The van der Waals surface area contributed by atoms with Gasteiger partial charge in [-0.1, -0.05) is 47.7 Å². The zero-order valence-corrected chi connectivity index (χ0v) is 23.8. The fraction of sp³-hybridized carbons (Fsp3) is 0.310. The van der Waals surface area contributed by atoms with Crippen molar-refractivity contribution >= 4 is 17.8 Å². The molecule has 12 nitrogen and oxygen atoms in total. The summed E-state index contributed by atoms with van der Waals surface area (Å²) in [6.45, 7) is 2.11. The molecule has 2 aromatic carbocycles. The van der Waals surface area contributed by atoms with Crippen molar-refractivity contribution in [1.82, 2.24) is 29.9 Å². The van der Waals surface area contributed by atoms with Gasteiger partial charge >= 0.3 is 17.9 Å². The summed E-state index contributed by atoms with van der Waals surface area (Å²) in [4.78, 5) is 40.8.